The molecule has 4 nitrogen and oxygen atoms in total. The average molecular weight is 230 g/mol. The molecular formula is C12H22O4. The van der Waals surface area contributed by atoms with Gasteiger partial charge in [0.1, 0.15) is 0 Å². The smallest absolute Gasteiger partial charge is 0.329 e. The predicted molar refractivity (Wildman–Crippen MR) is 61.8 cm³/mol. The minimum atomic E-state index is -0.394. The lowest BCUT2D eigenvalue weighted by Crippen LogP contribution is -2.20. The Kier molecular flexibility index (Phi) is 8.85. The van der Waals surface area contributed by atoms with Crippen molar-refractivity contribution in [1.29, 1.82) is 0 Å². The molecule has 0 aromatic rings. The van der Waals surface area contributed by atoms with Gasteiger partial charge in [-0.3, -0.25) is 0 Å². The zero-order valence-corrected chi connectivity index (χ0v) is 9.89. The number of rotatable bonds is 3. The number of methoxy groups -OCH3 is 1. The van der Waals surface area contributed by atoms with Gasteiger partial charge in [-0.15, -0.1) is 0 Å². The quantitative estimate of drug-likeness (QED) is 0.563. The summed E-state index contributed by atoms with van der Waals surface area (Å²) in [6.45, 7) is 3.76. The zero-order valence-electron chi connectivity index (χ0n) is 9.89. The molecule has 0 radical (unpaired) electrons. The van der Waals surface area contributed by atoms with Crippen LogP contribution in [0.4, 0.5) is 0 Å². The molecule has 0 aromatic carbocycles. The fraction of sp³-hybridized carbons (Fsp3) is 0.750. The van der Waals surface area contributed by atoms with Crippen LogP contribution in [0.3, 0.4) is 0 Å². The molecule has 1 fully saturated rings. The van der Waals surface area contributed by atoms with Crippen LogP contribution in [0.15, 0.2) is 12.7 Å². The normalized spacial score (nSPS) is 23.9. The van der Waals surface area contributed by atoms with Gasteiger partial charge in [0.05, 0.1) is 7.11 Å². The van der Waals surface area contributed by atoms with E-state index in [0.29, 0.717) is 25.0 Å². The number of ether oxygens (including phenoxy) is 1. The van der Waals surface area contributed by atoms with Crippen LogP contribution in [-0.2, 0) is 9.53 Å². The van der Waals surface area contributed by atoms with Crippen LogP contribution in [-0.4, -0.2) is 36.5 Å². The van der Waals surface area contributed by atoms with Crippen LogP contribution >= 0.6 is 0 Å². The van der Waals surface area contributed by atoms with E-state index < -0.39 is 5.97 Å². The van der Waals surface area contributed by atoms with Gasteiger partial charge in [-0.2, -0.15) is 0 Å². The van der Waals surface area contributed by atoms with Crippen molar-refractivity contribution in [2.45, 2.75) is 25.7 Å². The first-order chi connectivity index (χ1) is 7.67. The largest absolute Gasteiger partial charge is 0.466 e. The summed E-state index contributed by atoms with van der Waals surface area (Å²) in [5.41, 5.74) is 0. The van der Waals surface area contributed by atoms with Crippen molar-refractivity contribution in [2.75, 3.05) is 20.3 Å². The third-order valence-electron chi connectivity index (χ3n) is 2.78. The second-order valence-electron chi connectivity index (χ2n) is 3.99. The molecule has 4 heteroatoms. The minimum Gasteiger partial charge on any atom is -0.466 e. The highest BCUT2D eigenvalue weighted by molar-refractivity contribution is 5.80. The van der Waals surface area contributed by atoms with Gasteiger partial charge in [0.15, 0.2) is 0 Å². The summed E-state index contributed by atoms with van der Waals surface area (Å²) in [4.78, 5) is 9.84. The first kappa shape index (κ1) is 15.1. The van der Waals surface area contributed by atoms with Gasteiger partial charge in [0.2, 0.25) is 0 Å². The molecule has 2 N–H and O–H groups in total. The predicted octanol–water partition coefficient (Wildman–Crippen LogP) is 1.12. The van der Waals surface area contributed by atoms with Crippen LogP contribution in [0, 0.1) is 11.8 Å². The fourth-order valence-corrected chi connectivity index (χ4v) is 1.82. The summed E-state index contributed by atoms with van der Waals surface area (Å²) >= 11 is 0. The van der Waals surface area contributed by atoms with Gasteiger partial charge >= 0.3 is 5.97 Å². The number of hydrogen-bond acceptors (Lipinski definition) is 4. The number of carbonyl (C=O) groups excluding carboxylic acids is 1. The second kappa shape index (κ2) is 9.36. The maximum atomic E-state index is 9.84. The SMILES string of the molecule is C=CC(=O)OC.OCC1CCCC(CO)C1. The van der Waals surface area contributed by atoms with E-state index in [0.717, 1.165) is 25.3 Å². The summed E-state index contributed by atoms with van der Waals surface area (Å²) in [5.74, 6) is 0.534. The lowest BCUT2D eigenvalue weighted by molar-refractivity contribution is -0.134. The Morgan fingerprint density at radius 3 is 2.12 bits per heavy atom. The molecular weight excluding hydrogens is 208 g/mol. The highest BCUT2D eigenvalue weighted by atomic mass is 16.5. The molecule has 0 aromatic heterocycles. The molecule has 1 saturated carbocycles. The van der Waals surface area contributed by atoms with Gasteiger partial charge in [0, 0.05) is 19.3 Å². The fourth-order valence-electron chi connectivity index (χ4n) is 1.82. The Hall–Kier alpha value is -0.870. The number of aliphatic hydroxyl groups is 2. The molecule has 0 heterocycles. The molecule has 0 bridgehead atoms. The molecule has 0 saturated heterocycles. The minimum absolute atomic E-state index is 0.302. The highest BCUT2D eigenvalue weighted by Gasteiger charge is 2.20. The molecule has 0 amide bonds. The Morgan fingerprint density at radius 1 is 1.38 bits per heavy atom. The van der Waals surface area contributed by atoms with Crippen LogP contribution in [0.5, 0.6) is 0 Å². The van der Waals surface area contributed by atoms with Gasteiger partial charge in [0.25, 0.3) is 0 Å². The first-order valence-corrected chi connectivity index (χ1v) is 5.60. The summed E-state index contributed by atoms with van der Waals surface area (Å²) in [6, 6.07) is 0. The standard InChI is InChI=1S/C8H16O2.C4H6O2/c9-5-7-2-1-3-8(4-7)6-10;1-3-4(5)6-2/h7-10H,1-6H2;3H,1H2,2H3. The molecule has 1 rings (SSSR count). The van der Waals surface area contributed by atoms with Crippen molar-refractivity contribution < 1.29 is 19.7 Å². The van der Waals surface area contributed by atoms with Crippen molar-refractivity contribution >= 4 is 5.97 Å². The van der Waals surface area contributed by atoms with Crippen molar-refractivity contribution in [2.24, 2.45) is 11.8 Å². The van der Waals surface area contributed by atoms with Gasteiger partial charge in [-0.1, -0.05) is 13.0 Å². The molecule has 1 aliphatic carbocycles. The van der Waals surface area contributed by atoms with Crippen LogP contribution in [0.1, 0.15) is 25.7 Å². The lowest BCUT2D eigenvalue weighted by Gasteiger charge is -2.26. The first-order valence-electron chi connectivity index (χ1n) is 5.60. The van der Waals surface area contributed by atoms with Crippen molar-refractivity contribution in [3.05, 3.63) is 12.7 Å². The van der Waals surface area contributed by atoms with E-state index in [1.54, 1.807) is 0 Å². The van der Waals surface area contributed by atoms with Gasteiger partial charge < -0.3 is 14.9 Å². The van der Waals surface area contributed by atoms with E-state index in [-0.39, 0.29) is 0 Å². The number of hydrogen-bond donors (Lipinski definition) is 2. The molecule has 2 atom stereocenters. The van der Waals surface area contributed by atoms with Crippen LogP contribution in [0.2, 0.25) is 0 Å². The topological polar surface area (TPSA) is 66.8 Å². The molecule has 16 heavy (non-hydrogen) atoms. The summed E-state index contributed by atoms with van der Waals surface area (Å²) < 4.78 is 4.14. The number of carbonyl (C=O) groups is 1. The second-order valence-corrected chi connectivity index (χ2v) is 3.99. The van der Waals surface area contributed by atoms with Gasteiger partial charge in [-0.25, -0.2) is 4.79 Å². The van der Waals surface area contributed by atoms with E-state index >= 15 is 0 Å². The zero-order chi connectivity index (χ0) is 12.4. The van der Waals surface area contributed by atoms with E-state index in [1.807, 2.05) is 0 Å². The van der Waals surface area contributed by atoms with Crippen LogP contribution < -0.4 is 0 Å². The van der Waals surface area contributed by atoms with Crippen molar-refractivity contribution in [3.8, 4) is 0 Å². The molecule has 0 aliphatic heterocycles. The monoisotopic (exact) mass is 230 g/mol. The summed E-state index contributed by atoms with van der Waals surface area (Å²) in [6.07, 6.45) is 5.60. The van der Waals surface area contributed by atoms with Crippen molar-refractivity contribution in [3.63, 3.8) is 0 Å². The van der Waals surface area contributed by atoms with E-state index in [4.69, 9.17) is 10.2 Å². The third kappa shape index (κ3) is 6.58. The van der Waals surface area contributed by atoms with E-state index in [2.05, 4.69) is 11.3 Å². The summed E-state index contributed by atoms with van der Waals surface area (Å²) in [5, 5.41) is 17.6. The number of esters is 1. The average Bonchev–Trinajstić information content (AvgIpc) is 2.38. The molecule has 1 aliphatic rings. The Balaban J connectivity index is 0.000000325. The number of aliphatic hydroxyl groups excluding tert-OH is 2. The molecule has 0 spiro atoms. The van der Waals surface area contributed by atoms with Crippen LogP contribution in [0.25, 0.3) is 0 Å². The van der Waals surface area contributed by atoms with E-state index in [9.17, 15) is 4.79 Å². The maximum absolute atomic E-state index is 9.84. The Bertz CT molecular complexity index is 193. The summed E-state index contributed by atoms with van der Waals surface area (Å²) in [7, 11) is 1.31. The third-order valence-corrected chi connectivity index (χ3v) is 2.78. The van der Waals surface area contributed by atoms with Crippen molar-refractivity contribution in [1.82, 2.24) is 0 Å². The Labute approximate surface area is 96.9 Å². The van der Waals surface area contributed by atoms with E-state index in [1.165, 1.54) is 13.5 Å². The van der Waals surface area contributed by atoms with Gasteiger partial charge in [-0.05, 0) is 31.1 Å². The Morgan fingerprint density at radius 2 is 1.88 bits per heavy atom. The highest BCUT2D eigenvalue weighted by Crippen LogP contribution is 2.27. The molecule has 94 valence electrons. The lowest BCUT2D eigenvalue weighted by atomic mass is 9.82. The molecule has 2 unspecified atom stereocenters. The maximum Gasteiger partial charge on any atom is 0.329 e.